The molecule has 2 aromatic heterocycles. The number of nitrogen functional groups attached to an aromatic ring is 1. The van der Waals surface area contributed by atoms with Gasteiger partial charge in [-0.05, 0) is 34.7 Å². The van der Waals surface area contributed by atoms with Crippen LogP contribution in [0.15, 0.2) is 53.7 Å². The maximum absolute atomic E-state index is 5.66. The van der Waals surface area contributed by atoms with Gasteiger partial charge in [0.1, 0.15) is 5.82 Å². The Balaban J connectivity index is 1.78. The summed E-state index contributed by atoms with van der Waals surface area (Å²) in [4.78, 5) is 4.25. The number of aromatic nitrogens is 5. The number of rotatable bonds is 4. The van der Waals surface area contributed by atoms with E-state index in [-0.39, 0.29) is 0 Å². The van der Waals surface area contributed by atoms with E-state index in [9.17, 15) is 0 Å². The van der Waals surface area contributed by atoms with Crippen LogP contribution >= 0.6 is 11.8 Å². The molecule has 0 unspecified atom stereocenters. The summed E-state index contributed by atoms with van der Waals surface area (Å²) in [6.45, 7) is 0. The quantitative estimate of drug-likeness (QED) is 0.737. The first kappa shape index (κ1) is 12.6. The van der Waals surface area contributed by atoms with Gasteiger partial charge in [0, 0.05) is 5.75 Å². The Hall–Kier alpha value is -2.41. The molecule has 100 valence electrons. The molecule has 0 fully saturated rings. The number of thioether (sulfide) groups is 1. The average molecular weight is 284 g/mol. The highest BCUT2D eigenvalue weighted by molar-refractivity contribution is 7.98. The number of tetrazole rings is 1. The molecular formula is C13H12N6S. The minimum absolute atomic E-state index is 0.519. The van der Waals surface area contributed by atoms with Crippen LogP contribution in [0, 0.1) is 0 Å². The minimum Gasteiger partial charge on any atom is -0.384 e. The molecule has 20 heavy (non-hydrogen) atoms. The highest BCUT2D eigenvalue weighted by Crippen LogP contribution is 2.21. The Morgan fingerprint density at radius 3 is 2.70 bits per heavy atom. The molecule has 0 aliphatic rings. The second-order valence-electron chi connectivity index (χ2n) is 4.05. The van der Waals surface area contributed by atoms with Crippen molar-refractivity contribution in [1.29, 1.82) is 0 Å². The number of hydrogen-bond acceptors (Lipinski definition) is 6. The van der Waals surface area contributed by atoms with E-state index >= 15 is 0 Å². The van der Waals surface area contributed by atoms with Crippen molar-refractivity contribution in [2.45, 2.75) is 10.9 Å². The van der Waals surface area contributed by atoms with Crippen molar-refractivity contribution in [2.75, 3.05) is 5.73 Å². The van der Waals surface area contributed by atoms with Gasteiger partial charge >= 0.3 is 0 Å². The number of nitrogens with zero attached hydrogens (tertiary/aromatic N) is 5. The second-order valence-corrected chi connectivity index (χ2v) is 4.99. The lowest BCUT2D eigenvalue weighted by molar-refractivity contribution is 0.756. The van der Waals surface area contributed by atoms with Crippen molar-refractivity contribution in [1.82, 2.24) is 25.2 Å². The zero-order valence-electron chi connectivity index (χ0n) is 10.5. The lowest BCUT2D eigenvalue weighted by Gasteiger charge is -2.04. The van der Waals surface area contributed by atoms with Crippen LogP contribution in [0.5, 0.6) is 0 Å². The Morgan fingerprint density at radius 2 is 1.90 bits per heavy atom. The Bertz CT molecular complexity index is 697. The van der Waals surface area contributed by atoms with Crippen LogP contribution in [-0.4, -0.2) is 25.2 Å². The van der Waals surface area contributed by atoms with Crippen molar-refractivity contribution in [3.63, 3.8) is 0 Å². The third-order valence-corrected chi connectivity index (χ3v) is 3.57. The fraction of sp³-hybridized carbons (Fsp3) is 0.0769. The molecule has 3 aromatic rings. The number of nitrogens with two attached hydrogens (primary N) is 1. The third kappa shape index (κ3) is 2.77. The van der Waals surface area contributed by atoms with Gasteiger partial charge in [-0.15, -0.1) is 5.10 Å². The summed E-state index contributed by atoms with van der Waals surface area (Å²) in [6, 6.07) is 15.4. The van der Waals surface area contributed by atoms with Gasteiger partial charge in [-0.2, -0.15) is 4.68 Å². The molecule has 2 heterocycles. The van der Waals surface area contributed by atoms with E-state index in [2.05, 4.69) is 20.5 Å². The molecule has 0 aliphatic carbocycles. The zero-order chi connectivity index (χ0) is 13.8. The SMILES string of the molecule is Nc1cccc(CSc2nnnn2-c2ccccc2)n1. The van der Waals surface area contributed by atoms with Gasteiger partial charge in [0.25, 0.3) is 0 Å². The molecule has 0 bridgehead atoms. The van der Waals surface area contributed by atoms with Crippen LogP contribution in [0.3, 0.4) is 0 Å². The summed E-state index contributed by atoms with van der Waals surface area (Å²) in [5, 5.41) is 12.5. The number of anilines is 1. The molecule has 0 saturated carbocycles. The topological polar surface area (TPSA) is 82.5 Å². The van der Waals surface area contributed by atoms with E-state index in [1.165, 1.54) is 11.8 Å². The van der Waals surface area contributed by atoms with Crippen molar-refractivity contribution in [2.24, 2.45) is 0 Å². The van der Waals surface area contributed by atoms with E-state index < -0.39 is 0 Å². The van der Waals surface area contributed by atoms with Crippen molar-refractivity contribution < 1.29 is 0 Å². The van der Waals surface area contributed by atoms with Gasteiger partial charge in [0.15, 0.2) is 0 Å². The van der Waals surface area contributed by atoms with E-state index in [0.29, 0.717) is 11.6 Å². The summed E-state index contributed by atoms with van der Waals surface area (Å²) >= 11 is 1.52. The van der Waals surface area contributed by atoms with Crippen molar-refractivity contribution in [3.05, 3.63) is 54.2 Å². The van der Waals surface area contributed by atoms with E-state index in [1.54, 1.807) is 10.7 Å². The molecule has 7 heteroatoms. The normalized spacial score (nSPS) is 10.6. The van der Waals surface area contributed by atoms with Gasteiger partial charge in [-0.25, -0.2) is 4.98 Å². The first-order valence-electron chi connectivity index (χ1n) is 6.01. The number of benzene rings is 1. The molecule has 0 atom stereocenters. The predicted molar refractivity (Wildman–Crippen MR) is 77.4 cm³/mol. The zero-order valence-corrected chi connectivity index (χ0v) is 11.4. The Morgan fingerprint density at radius 1 is 1.05 bits per heavy atom. The van der Waals surface area contributed by atoms with Crippen molar-refractivity contribution in [3.8, 4) is 5.69 Å². The van der Waals surface area contributed by atoms with Gasteiger partial charge in [-0.3, -0.25) is 0 Å². The predicted octanol–water partition coefficient (Wildman–Crippen LogP) is 1.93. The van der Waals surface area contributed by atoms with E-state index in [1.807, 2.05) is 42.5 Å². The molecule has 3 rings (SSSR count). The minimum atomic E-state index is 0.519. The third-order valence-electron chi connectivity index (χ3n) is 2.62. The fourth-order valence-corrected chi connectivity index (χ4v) is 2.51. The first-order chi connectivity index (χ1) is 9.83. The monoisotopic (exact) mass is 284 g/mol. The lowest BCUT2D eigenvalue weighted by Crippen LogP contribution is -1.99. The molecule has 0 aliphatic heterocycles. The van der Waals surface area contributed by atoms with E-state index in [4.69, 9.17) is 5.73 Å². The molecule has 1 aromatic carbocycles. The van der Waals surface area contributed by atoms with Crippen molar-refractivity contribution >= 4 is 17.6 Å². The number of para-hydroxylation sites is 1. The highest BCUT2D eigenvalue weighted by atomic mass is 32.2. The van der Waals surface area contributed by atoms with Gasteiger partial charge in [0.05, 0.1) is 11.4 Å². The maximum Gasteiger partial charge on any atom is 0.214 e. The fourth-order valence-electron chi connectivity index (χ4n) is 1.72. The summed E-state index contributed by atoms with van der Waals surface area (Å²) < 4.78 is 1.71. The smallest absolute Gasteiger partial charge is 0.214 e. The first-order valence-corrected chi connectivity index (χ1v) is 6.99. The molecule has 2 N–H and O–H groups in total. The highest BCUT2D eigenvalue weighted by Gasteiger charge is 2.09. The van der Waals surface area contributed by atoms with Crippen LogP contribution in [0.2, 0.25) is 0 Å². The second kappa shape index (κ2) is 5.70. The largest absolute Gasteiger partial charge is 0.384 e. The van der Waals surface area contributed by atoms with Gasteiger partial charge < -0.3 is 5.73 Å². The van der Waals surface area contributed by atoms with Crippen LogP contribution < -0.4 is 5.73 Å². The number of hydrogen-bond donors (Lipinski definition) is 1. The summed E-state index contributed by atoms with van der Waals surface area (Å²) in [6.07, 6.45) is 0. The molecule has 0 spiro atoms. The Labute approximate surface area is 120 Å². The van der Waals surface area contributed by atoms with Crippen LogP contribution in [0.4, 0.5) is 5.82 Å². The molecule has 0 amide bonds. The van der Waals surface area contributed by atoms with Crippen LogP contribution in [0.25, 0.3) is 5.69 Å². The molecular weight excluding hydrogens is 272 g/mol. The summed E-state index contributed by atoms with van der Waals surface area (Å²) in [5.41, 5.74) is 7.49. The van der Waals surface area contributed by atoms with E-state index in [0.717, 1.165) is 16.5 Å². The van der Waals surface area contributed by atoms with Gasteiger partial charge in [-0.1, -0.05) is 36.0 Å². The van der Waals surface area contributed by atoms with Crippen LogP contribution in [-0.2, 0) is 5.75 Å². The average Bonchev–Trinajstić information content (AvgIpc) is 2.95. The lowest BCUT2D eigenvalue weighted by atomic mass is 10.3. The molecule has 0 radical (unpaired) electrons. The molecule has 0 saturated heterocycles. The number of pyridine rings is 1. The summed E-state index contributed by atoms with van der Waals surface area (Å²) in [5.74, 6) is 1.18. The molecule has 6 nitrogen and oxygen atoms in total. The van der Waals surface area contributed by atoms with Gasteiger partial charge in [0.2, 0.25) is 5.16 Å². The standard InChI is InChI=1S/C13H12N6S/c14-12-8-4-5-10(15-12)9-20-13-16-17-18-19(13)11-6-2-1-3-7-11/h1-8H,9H2,(H2,14,15). The maximum atomic E-state index is 5.66. The summed E-state index contributed by atoms with van der Waals surface area (Å²) in [7, 11) is 0. The van der Waals surface area contributed by atoms with Crippen LogP contribution in [0.1, 0.15) is 5.69 Å². The Kier molecular flexibility index (Phi) is 3.60.